The number of Topliss-reactive ketones (excluding diaryl/α,β-unsaturated/α-hetero) is 1. The summed E-state index contributed by atoms with van der Waals surface area (Å²) in [7, 11) is 0. The summed E-state index contributed by atoms with van der Waals surface area (Å²) in [5.41, 5.74) is 0.859. The highest BCUT2D eigenvalue weighted by Gasteiger charge is 2.26. The molecule has 0 N–H and O–H groups in total. The molecule has 0 radical (unpaired) electrons. The Morgan fingerprint density at radius 1 is 1.30 bits per heavy atom. The Morgan fingerprint density at radius 3 is 2.50 bits per heavy atom. The first kappa shape index (κ1) is 14.4. The molecule has 1 aromatic heterocycles. The van der Waals surface area contributed by atoms with Crippen molar-refractivity contribution in [1.82, 2.24) is 0 Å². The van der Waals surface area contributed by atoms with Gasteiger partial charge in [-0.05, 0) is 31.5 Å². The minimum Gasteiger partial charge on any atom is -0.291 e. The number of rotatable bonds is 3. The first-order valence-corrected chi connectivity index (χ1v) is 6.71. The van der Waals surface area contributed by atoms with Gasteiger partial charge in [-0.25, -0.2) is 8.78 Å². The van der Waals surface area contributed by atoms with Gasteiger partial charge in [0.05, 0.1) is 10.9 Å². The van der Waals surface area contributed by atoms with E-state index in [9.17, 15) is 13.6 Å². The minimum atomic E-state index is -1.26. The maximum absolute atomic E-state index is 13.7. The second kappa shape index (κ2) is 5.51. The number of benzene rings is 1. The molecule has 2 rings (SSSR count). The summed E-state index contributed by atoms with van der Waals surface area (Å²) >= 11 is 1.27. The Morgan fingerprint density at radius 2 is 2.00 bits per heavy atom. The highest BCUT2D eigenvalue weighted by molar-refractivity contribution is 7.14. The average molecular weight is 291 g/mol. The van der Waals surface area contributed by atoms with Crippen molar-refractivity contribution in [3.63, 3.8) is 0 Å². The molecule has 0 bridgehead atoms. The average Bonchev–Trinajstić information content (AvgIpc) is 2.73. The Hall–Kier alpha value is -2.06. The molecule has 0 spiro atoms. The topological polar surface area (TPSA) is 40.9 Å². The zero-order chi connectivity index (χ0) is 14.9. The van der Waals surface area contributed by atoms with Gasteiger partial charge in [0.25, 0.3) is 0 Å². The van der Waals surface area contributed by atoms with E-state index < -0.39 is 23.3 Å². The molecule has 1 atom stereocenters. The number of aryl methyl sites for hydroxylation is 2. The Balaban J connectivity index is 2.42. The molecule has 0 aliphatic carbocycles. The second-order valence-corrected chi connectivity index (χ2v) is 5.70. The van der Waals surface area contributed by atoms with Crippen LogP contribution in [0.1, 0.15) is 31.6 Å². The van der Waals surface area contributed by atoms with Gasteiger partial charge in [0.1, 0.15) is 17.6 Å². The Kier molecular flexibility index (Phi) is 3.96. The first-order chi connectivity index (χ1) is 9.43. The Labute approximate surface area is 119 Å². The molecule has 0 saturated heterocycles. The van der Waals surface area contributed by atoms with Crippen LogP contribution in [0.4, 0.5) is 8.78 Å². The number of halogens is 2. The predicted octanol–water partition coefficient (Wildman–Crippen LogP) is 4.13. The van der Waals surface area contributed by atoms with Crippen LogP contribution in [0, 0.1) is 36.8 Å². The number of carbonyl (C=O) groups excluding carboxylic acids is 1. The summed E-state index contributed by atoms with van der Waals surface area (Å²) in [6, 6.07) is 6.35. The lowest BCUT2D eigenvalue weighted by Crippen LogP contribution is -2.11. The van der Waals surface area contributed by atoms with Crippen molar-refractivity contribution in [2.24, 2.45) is 0 Å². The van der Waals surface area contributed by atoms with Gasteiger partial charge in [-0.1, -0.05) is 6.07 Å². The van der Waals surface area contributed by atoms with E-state index in [4.69, 9.17) is 5.26 Å². The molecule has 5 heteroatoms. The SMILES string of the molecule is Cc1cc(C(=O)C(C#N)c2ccc(F)cc2F)sc1C. The molecule has 2 aromatic rings. The molecule has 20 heavy (non-hydrogen) atoms. The Bertz CT molecular complexity index is 696. The number of nitrogens with zero attached hydrogens (tertiary/aromatic N) is 1. The minimum absolute atomic E-state index is 0.0948. The molecule has 1 aromatic carbocycles. The van der Waals surface area contributed by atoms with Crippen molar-refractivity contribution >= 4 is 17.1 Å². The van der Waals surface area contributed by atoms with Crippen LogP contribution in [0.3, 0.4) is 0 Å². The van der Waals surface area contributed by atoms with Crippen LogP contribution in [-0.2, 0) is 0 Å². The van der Waals surface area contributed by atoms with Crippen LogP contribution >= 0.6 is 11.3 Å². The van der Waals surface area contributed by atoms with E-state index in [0.717, 1.165) is 22.6 Å². The quantitative estimate of drug-likeness (QED) is 0.798. The fraction of sp³-hybridized carbons (Fsp3) is 0.200. The first-order valence-electron chi connectivity index (χ1n) is 5.90. The number of hydrogen-bond donors (Lipinski definition) is 0. The lowest BCUT2D eigenvalue weighted by Gasteiger charge is -2.08. The normalized spacial score (nSPS) is 11.9. The molecule has 0 aliphatic heterocycles. The number of nitriles is 1. The fourth-order valence-corrected chi connectivity index (χ4v) is 2.85. The van der Waals surface area contributed by atoms with Gasteiger partial charge >= 0.3 is 0 Å². The van der Waals surface area contributed by atoms with Crippen LogP contribution in [-0.4, -0.2) is 5.78 Å². The number of thiophene rings is 1. The van der Waals surface area contributed by atoms with Crippen LogP contribution in [0.25, 0.3) is 0 Å². The molecular weight excluding hydrogens is 280 g/mol. The van der Waals surface area contributed by atoms with Gasteiger partial charge in [0.15, 0.2) is 5.78 Å². The van der Waals surface area contributed by atoms with Gasteiger partial charge in [-0.3, -0.25) is 4.79 Å². The van der Waals surface area contributed by atoms with Gasteiger partial charge in [0, 0.05) is 16.5 Å². The third-order valence-electron chi connectivity index (χ3n) is 3.07. The summed E-state index contributed by atoms with van der Waals surface area (Å²) in [4.78, 5) is 13.7. The molecule has 2 nitrogen and oxygen atoms in total. The molecule has 0 fully saturated rings. The zero-order valence-corrected chi connectivity index (χ0v) is 11.7. The number of hydrogen-bond acceptors (Lipinski definition) is 3. The van der Waals surface area contributed by atoms with Gasteiger partial charge in [0.2, 0.25) is 0 Å². The summed E-state index contributed by atoms with van der Waals surface area (Å²) in [5.74, 6) is -3.33. The lowest BCUT2D eigenvalue weighted by molar-refractivity contribution is 0.0981. The van der Waals surface area contributed by atoms with Crippen LogP contribution in [0.15, 0.2) is 24.3 Å². The third kappa shape index (κ3) is 2.61. The van der Waals surface area contributed by atoms with Crippen LogP contribution in [0.5, 0.6) is 0 Å². The second-order valence-electron chi connectivity index (χ2n) is 4.44. The van der Waals surface area contributed by atoms with E-state index in [1.807, 2.05) is 13.8 Å². The monoisotopic (exact) mass is 291 g/mol. The molecule has 1 unspecified atom stereocenters. The van der Waals surface area contributed by atoms with Crippen molar-refractivity contribution in [1.29, 1.82) is 5.26 Å². The van der Waals surface area contributed by atoms with Gasteiger partial charge in [-0.15, -0.1) is 11.3 Å². The zero-order valence-electron chi connectivity index (χ0n) is 10.9. The van der Waals surface area contributed by atoms with E-state index in [1.165, 1.54) is 11.3 Å². The standard InChI is InChI=1S/C15H11F2NOS/c1-8-5-14(20-9(8)2)15(19)12(7-18)11-4-3-10(16)6-13(11)17/h3-6,12H,1-2H3. The molecule has 0 amide bonds. The highest BCUT2D eigenvalue weighted by Crippen LogP contribution is 2.28. The fourth-order valence-electron chi connectivity index (χ4n) is 1.84. The molecular formula is C15H11F2NOS. The maximum atomic E-state index is 13.7. The van der Waals surface area contributed by atoms with Crippen molar-refractivity contribution in [3.8, 4) is 6.07 Å². The summed E-state index contributed by atoms with van der Waals surface area (Å²) < 4.78 is 26.6. The van der Waals surface area contributed by atoms with Crippen LogP contribution < -0.4 is 0 Å². The number of carbonyl (C=O) groups is 1. The van der Waals surface area contributed by atoms with E-state index in [1.54, 1.807) is 12.1 Å². The summed E-state index contributed by atoms with van der Waals surface area (Å²) in [6.45, 7) is 3.74. The maximum Gasteiger partial charge on any atom is 0.194 e. The van der Waals surface area contributed by atoms with Gasteiger partial charge < -0.3 is 0 Å². The molecule has 0 aliphatic rings. The third-order valence-corrected chi connectivity index (χ3v) is 4.24. The van der Waals surface area contributed by atoms with E-state index in [-0.39, 0.29) is 5.56 Å². The van der Waals surface area contributed by atoms with Gasteiger partial charge in [-0.2, -0.15) is 5.26 Å². The van der Waals surface area contributed by atoms with Crippen molar-refractivity contribution in [2.75, 3.05) is 0 Å². The molecule has 1 heterocycles. The predicted molar refractivity (Wildman–Crippen MR) is 72.8 cm³/mol. The van der Waals surface area contributed by atoms with Crippen molar-refractivity contribution in [2.45, 2.75) is 19.8 Å². The summed E-state index contributed by atoms with van der Waals surface area (Å²) in [5, 5.41) is 9.15. The summed E-state index contributed by atoms with van der Waals surface area (Å²) in [6.07, 6.45) is 0. The largest absolute Gasteiger partial charge is 0.291 e. The number of ketones is 1. The molecule has 0 saturated carbocycles. The lowest BCUT2D eigenvalue weighted by atomic mass is 9.94. The van der Waals surface area contributed by atoms with Crippen LogP contribution in [0.2, 0.25) is 0 Å². The van der Waals surface area contributed by atoms with Crippen molar-refractivity contribution in [3.05, 3.63) is 56.8 Å². The van der Waals surface area contributed by atoms with Crippen molar-refractivity contribution < 1.29 is 13.6 Å². The smallest absolute Gasteiger partial charge is 0.194 e. The molecule has 102 valence electrons. The van der Waals surface area contributed by atoms with E-state index in [2.05, 4.69) is 0 Å². The highest BCUT2D eigenvalue weighted by atomic mass is 32.1. The van der Waals surface area contributed by atoms with E-state index >= 15 is 0 Å². The van der Waals surface area contributed by atoms with E-state index in [0.29, 0.717) is 10.9 Å².